The number of nitrogens with one attached hydrogen (secondary N) is 2. The van der Waals surface area contributed by atoms with Crippen molar-refractivity contribution in [1.29, 1.82) is 0 Å². The van der Waals surface area contributed by atoms with Crippen molar-refractivity contribution >= 4 is 11.9 Å². The Morgan fingerprint density at radius 1 is 1.30 bits per heavy atom. The van der Waals surface area contributed by atoms with Crippen LogP contribution in [0.15, 0.2) is 18.2 Å². The number of aromatic nitrogens is 3. The second-order valence-electron chi connectivity index (χ2n) is 4.41. The van der Waals surface area contributed by atoms with Crippen molar-refractivity contribution in [3.8, 4) is 11.5 Å². The van der Waals surface area contributed by atoms with Crippen LogP contribution >= 0.6 is 0 Å². The van der Waals surface area contributed by atoms with E-state index in [1.54, 1.807) is 23.3 Å². The summed E-state index contributed by atoms with van der Waals surface area (Å²) in [5.41, 5.74) is 0.510. The molecule has 2 N–H and O–H groups in total. The minimum Gasteiger partial charge on any atom is -0.497 e. The molecule has 0 radical (unpaired) electrons. The number of carbonyl (C=O) groups is 1. The van der Waals surface area contributed by atoms with Crippen molar-refractivity contribution in [3.05, 3.63) is 29.6 Å². The van der Waals surface area contributed by atoms with E-state index >= 15 is 0 Å². The van der Waals surface area contributed by atoms with Crippen LogP contribution in [0.1, 0.15) is 11.4 Å². The monoisotopic (exact) mass is 330 g/mol. The van der Waals surface area contributed by atoms with E-state index < -0.39 is 23.9 Å². The van der Waals surface area contributed by atoms with Gasteiger partial charge in [0.05, 0.1) is 20.6 Å². The van der Waals surface area contributed by atoms with Gasteiger partial charge in [0.1, 0.15) is 11.5 Å². The van der Waals surface area contributed by atoms with E-state index in [9.17, 15) is 18.0 Å². The van der Waals surface area contributed by atoms with E-state index in [1.165, 1.54) is 14.2 Å². The van der Waals surface area contributed by atoms with Crippen molar-refractivity contribution in [3.63, 3.8) is 0 Å². The number of rotatable bonds is 5. The van der Waals surface area contributed by atoms with E-state index in [2.05, 4.69) is 15.4 Å². The van der Waals surface area contributed by atoms with Gasteiger partial charge in [-0.2, -0.15) is 18.2 Å². The van der Waals surface area contributed by atoms with Gasteiger partial charge in [0.25, 0.3) is 0 Å². The highest BCUT2D eigenvalue weighted by Gasteiger charge is 2.35. The molecule has 7 nitrogen and oxygen atoms in total. The zero-order chi connectivity index (χ0) is 17.0. The fraction of sp³-hybridized carbons (Fsp3) is 0.308. The summed E-state index contributed by atoms with van der Waals surface area (Å²) in [5.74, 6) is -1.36. The Kier molecular flexibility index (Phi) is 4.72. The molecule has 0 atom stereocenters. The molecule has 0 unspecified atom stereocenters. The topological polar surface area (TPSA) is 89.1 Å². The Morgan fingerprint density at radius 3 is 2.61 bits per heavy atom. The molecule has 0 aliphatic carbocycles. The standard InChI is InChI=1S/C13H13F3N4O3/c1-22-8-3-4-9(23-2)7(5-8)6-10(21)17-12-18-11(19-20-12)13(14,15)16/h3-5H,6H2,1-2H3,(H2,17,18,19,20,21). The van der Waals surface area contributed by atoms with Crippen LogP contribution in [0.3, 0.4) is 0 Å². The molecule has 2 rings (SSSR count). The van der Waals surface area contributed by atoms with Gasteiger partial charge < -0.3 is 9.47 Å². The fourth-order valence-electron chi connectivity index (χ4n) is 1.81. The number of methoxy groups -OCH3 is 2. The molecule has 1 aromatic heterocycles. The second-order valence-corrected chi connectivity index (χ2v) is 4.41. The lowest BCUT2D eigenvalue weighted by molar-refractivity contribution is -0.144. The Morgan fingerprint density at radius 2 is 2.04 bits per heavy atom. The maximum atomic E-state index is 12.4. The summed E-state index contributed by atoms with van der Waals surface area (Å²) < 4.78 is 47.3. The molecule has 0 fully saturated rings. The van der Waals surface area contributed by atoms with Crippen LogP contribution in [0.25, 0.3) is 0 Å². The number of benzene rings is 1. The Hall–Kier alpha value is -2.78. The van der Waals surface area contributed by atoms with Gasteiger partial charge in [-0.3, -0.25) is 15.2 Å². The maximum Gasteiger partial charge on any atom is 0.451 e. The number of carbonyl (C=O) groups excluding carboxylic acids is 1. The van der Waals surface area contributed by atoms with E-state index in [1.807, 2.05) is 0 Å². The third-order valence-electron chi connectivity index (χ3n) is 2.84. The highest BCUT2D eigenvalue weighted by Crippen LogP contribution is 2.27. The van der Waals surface area contributed by atoms with Gasteiger partial charge in [-0.1, -0.05) is 0 Å². The number of aromatic amines is 1. The molecule has 0 saturated heterocycles. The Balaban J connectivity index is 2.09. The molecule has 10 heteroatoms. The maximum absolute atomic E-state index is 12.4. The van der Waals surface area contributed by atoms with Crippen LogP contribution in [0.4, 0.5) is 19.1 Å². The van der Waals surface area contributed by atoms with Gasteiger partial charge in [0, 0.05) is 5.56 Å². The highest BCUT2D eigenvalue weighted by atomic mass is 19.4. The first-order valence-corrected chi connectivity index (χ1v) is 6.34. The molecule has 23 heavy (non-hydrogen) atoms. The highest BCUT2D eigenvalue weighted by molar-refractivity contribution is 5.91. The number of H-pyrrole nitrogens is 1. The lowest BCUT2D eigenvalue weighted by Gasteiger charge is -2.09. The van der Waals surface area contributed by atoms with E-state index in [4.69, 9.17) is 9.47 Å². The first kappa shape index (κ1) is 16.6. The normalized spacial score (nSPS) is 11.2. The largest absolute Gasteiger partial charge is 0.497 e. The van der Waals surface area contributed by atoms with Crippen LogP contribution < -0.4 is 14.8 Å². The van der Waals surface area contributed by atoms with Gasteiger partial charge in [-0.15, -0.1) is 5.10 Å². The number of alkyl halides is 3. The number of anilines is 1. The first-order chi connectivity index (χ1) is 10.8. The summed E-state index contributed by atoms with van der Waals surface area (Å²) in [4.78, 5) is 15.1. The SMILES string of the molecule is COc1ccc(OC)c(CC(=O)Nc2n[nH]c(C(F)(F)F)n2)c1. The van der Waals surface area contributed by atoms with Crippen LogP contribution in [0.5, 0.6) is 11.5 Å². The van der Waals surface area contributed by atoms with Crippen molar-refractivity contribution < 1.29 is 27.4 Å². The van der Waals surface area contributed by atoms with Crippen molar-refractivity contribution in [2.24, 2.45) is 0 Å². The average molecular weight is 330 g/mol. The zero-order valence-corrected chi connectivity index (χ0v) is 12.2. The molecular formula is C13H13F3N4O3. The lowest BCUT2D eigenvalue weighted by Crippen LogP contribution is -2.16. The second kappa shape index (κ2) is 6.55. The van der Waals surface area contributed by atoms with Gasteiger partial charge in [0.15, 0.2) is 0 Å². The summed E-state index contributed by atoms with van der Waals surface area (Å²) >= 11 is 0. The quantitative estimate of drug-likeness (QED) is 0.875. The Bertz CT molecular complexity index is 700. The van der Waals surface area contributed by atoms with E-state index in [0.717, 1.165) is 0 Å². The summed E-state index contributed by atoms with van der Waals surface area (Å²) in [7, 11) is 2.91. The molecule has 0 bridgehead atoms. The number of hydrogen-bond acceptors (Lipinski definition) is 5. The van der Waals surface area contributed by atoms with Gasteiger partial charge in [-0.25, -0.2) is 0 Å². The van der Waals surface area contributed by atoms with Crippen LogP contribution in [0.2, 0.25) is 0 Å². The molecule has 0 spiro atoms. The number of halogens is 3. The summed E-state index contributed by atoms with van der Waals surface area (Å²) in [6.07, 6.45) is -4.80. The van der Waals surface area contributed by atoms with Crippen LogP contribution in [0, 0.1) is 0 Å². The smallest absolute Gasteiger partial charge is 0.451 e. The van der Waals surface area contributed by atoms with E-state index in [0.29, 0.717) is 17.1 Å². The molecule has 1 aromatic carbocycles. The molecule has 2 aromatic rings. The van der Waals surface area contributed by atoms with Crippen LogP contribution in [-0.2, 0) is 17.4 Å². The number of hydrogen-bond donors (Lipinski definition) is 2. The first-order valence-electron chi connectivity index (χ1n) is 6.34. The fourth-order valence-corrected chi connectivity index (χ4v) is 1.81. The third kappa shape index (κ3) is 4.11. The predicted octanol–water partition coefficient (Wildman–Crippen LogP) is 2.02. The number of amides is 1. The predicted molar refractivity (Wildman–Crippen MR) is 73.3 cm³/mol. The molecule has 1 heterocycles. The molecule has 0 aliphatic rings. The van der Waals surface area contributed by atoms with Gasteiger partial charge in [0.2, 0.25) is 17.7 Å². The van der Waals surface area contributed by atoms with Gasteiger partial charge in [-0.05, 0) is 18.2 Å². The molecule has 0 aliphatic heterocycles. The van der Waals surface area contributed by atoms with Crippen molar-refractivity contribution in [2.75, 3.05) is 19.5 Å². The summed E-state index contributed by atoms with van der Waals surface area (Å²) in [6, 6.07) is 4.87. The third-order valence-corrected chi connectivity index (χ3v) is 2.84. The van der Waals surface area contributed by atoms with Crippen molar-refractivity contribution in [2.45, 2.75) is 12.6 Å². The molecule has 124 valence electrons. The zero-order valence-electron chi connectivity index (χ0n) is 12.2. The minimum absolute atomic E-state index is 0.143. The number of ether oxygens (including phenoxy) is 2. The van der Waals surface area contributed by atoms with E-state index in [-0.39, 0.29) is 6.42 Å². The average Bonchev–Trinajstić information content (AvgIpc) is 2.95. The summed E-state index contributed by atoms with van der Waals surface area (Å²) in [6.45, 7) is 0. The summed E-state index contributed by atoms with van der Waals surface area (Å²) in [5, 5.41) is 7.19. The van der Waals surface area contributed by atoms with Gasteiger partial charge >= 0.3 is 6.18 Å². The number of nitrogens with zero attached hydrogens (tertiary/aromatic N) is 2. The van der Waals surface area contributed by atoms with Crippen LogP contribution in [-0.4, -0.2) is 35.3 Å². The molecule has 0 saturated carbocycles. The Labute approximate surface area is 128 Å². The minimum atomic E-state index is -4.66. The molecule has 1 amide bonds. The van der Waals surface area contributed by atoms with Crippen molar-refractivity contribution in [1.82, 2.24) is 15.2 Å². The lowest BCUT2D eigenvalue weighted by atomic mass is 10.1. The molecular weight excluding hydrogens is 317 g/mol.